The molecule has 1 aliphatic heterocycles. The lowest BCUT2D eigenvalue weighted by Gasteiger charge is -2.41. The summed E-state index contributed by atoms with van der Waals surface area (Å²) in [6.45, 7) is 8.42. The lowest BCUT2D eigenvalue weighted by atomic mass is 10.0. The molecule has 37 heavy (non-hydrogen) atoms. The first kappa shape index (κ1) is 23.4. The van der Waals surface area contributed by atoms with Crippen LogP contribution >= 0.6 is 0 Å². The summed E-state index contributed by atoms with van der Waals surface area (Å²) in [4.78, 5) is 26.4. The molecule has 1 saturated heterocycles. The molecule has 0 radical (unpaired) electrons. The van der Waals surface area contributed by atoms with Gasteiger partial charge in [-0.25, -0.2) is 4.98 Å². The largest absolute Gasteiger partial charge is 0.368 e. The second kappa shape index (κ2) is 9.48. The molecule has 1 atom stereocenters. The SMILES string of the molecule is CNC(=O)c1ncn2c1ccc1c(CCN3CCN(c4cccc5nc(C)ccc45)C[C@H]3C)cccc12. The average molecular weight is 493 g/mol. The van der Waals surface area contributed by atoms with Gasteiger partial charge in [-0.2, -0.15) is 0 Å². The summed E-state index contributed by atoms with van der Waals surface area (Å²) in [5.74, 6) is -0.166. The van der Waals surface area contributed by atoms with Crippen LogP contribution in [0.5, 0.6) is 0 Å². The summed E-state index contributed by atoms with van der Waals surface area (Å²) in [6, 6.07) is 21.8. The Morgan fingerprint density at radius 2 is 1.84 bits per heavy atom. The molecule has 1 fully saturated rings. The van der Waals surface area contributed by atoms with Crippen molar-refractivity contribution >= 4 is 38.9 Å². The van der Waals surface area contributed by atoms with Crippen molar-refractivity contribution in [3.05, 3.63) is 83.9 Å². The fourth-order valence-corrected chi connectivity index (χ4v) is 5.71. The maximum absolute atomic E-state index is 12.2. The Morgan fingerprint density at radius 1 is 1.00 bits per heavy atom. The van der Waals surface area contributed by atoms with E-state index in [9.17, 15) is 4.79 Å². The van der Waals surface area contributed by atoms with Gasteiger partial charge in [0.25, 0.3) is 5.91 Å². The fraction of sp³-hybridized carbons (Fsp3) is 0.300. The van der Waals surface area contributed by atoms with Gasteiger partial charge in [0.2, 0.25) is 0 Å². The van der Waals surface area contributed by atoms with E-state index in [4.69, 9.17) is 4.98 Å². The Kier molecular flexibility index (Phi) is 6.00. The Hall–Kier alpha value is -3.97. The molecule has 188 valence electrons. The number of hydrogen-bond donors (Lipinski definition) is 1. The molecule has 3 aromatic heterocycles. The van der Waals surface area contributed by atoms with E-state index in [1.54, 1.807) is 13.4 Å². The van der Waals surface area contributed by atoms with Crippen molar-refractivity contribution in [3.8, 4) is 0 Å². The number of pyridine rings is 2. The average Bonchev–Trinajstić information content (AvgIpc) is 3.36. The third-order valence-corrected chi connectivity index (χ3v) is 7.71. The first-order valence-electron chi connectivity index (χ1n) is 13.0. The van der Waals surface area contributed by atoms with Crippen LogP contribution in [0.15, 0.2) is 67.0 Å². The van der Waals surface area contributed by atoms with Crippen LogP contribution in [0, 0.1) is 6.92 Å². The number of fused-ring (bicyclic) bond motifs is 4. The molecular weight excluding hydrogens is 460 g/mol. The zero-order chi connectivity index (χ0) is 25.5. The predicted molar refractivity (Wildman–Crippen MR) is 150 cm³/mol. The summed E-state index contributed by atoms with van der Waals surface area (Å²) < 4.78 is 2.02. The Balaban J connectivity index is 1.19. The van der Waals surface area contributed by atoms with E-state index >= 15 is 0 Å². The van der Waals surface area contributed by atoms with Crippen molar-refractivity contribution in [1.82, 2.24) is 24.6 Å². The van der Waals surface area contributed by atoms with E-state index in [1.165, 1.54) is 22.0 Å². The molecule has 2 aromatic carbocycles. The van der Waals surface area contributed by atoms with Gasteiger partial charge in [0.1, 0.15) is 6.33 Å². The minimum Gasteiger partial charge on any atom is -0.368 e. The van der Waals surface area contributed by atoms with Crippen LogP contribution in [-0.4, -0.2) is 64.4 Å². The Labute approximate surface area is 216 Å². The number of benzene rings is 2. The second-order valence-electron chi connectivity index (χ2n) is 9.99. The number of aryl methyl sites for hydroxylation is 1. The molecular formula is C30H32N6O. The first-order valence-corrected chi connectivity index (χ1v) is 13.0. The number of anilines is 1. The molecule has 6 rings (SSSR count). The minimum absolute atomic E-state index is 0.166. The number of nitrogens with one attached hydrogen (secondary N) is 1. The molecule has 0 bridgehead atoms. The number of nitrogens with zero attached hydrogens (tertiary/aromatic N) is 5. The number of rotatable bonds is 5. The topological polar surface area (TPSA) is 65.8 Å². The lowest BCUT2D eigenvalue weighted by molar-refractivity contribution is 0.0960. The molecule has 1 amide bonds. The van der Waals surface area contributed by atoms with Crippen LogP contribution in [0.1, 0.15) is 28.7 Å². The number of amides is 1. The Morgan fingerprint density at radius 3 is 2.68 bits per heavy atom. The summed E-state index contributed by atoms with van der Waals surface area (Å²) in [5.41, 5.74) is 7.09. The van der Waals surface area contributed by atoms with Gasteiger partial charge >= 0.3 is 0 Å². The number of carbonyl (C=O) groups is 1. The number of carbonyl (C=O) groups excluding carboxylic acids is 1. The molecule has 4 heterocycles. The highest BCUT2D eigenvalue weighted by atomic mass is 16.1. The highest BCUT2D eigenvalue weighted by Gasteiger charge is 2.25. The van der Waals surface area contributed by atoms with Crippen LogP contribution in [0.3, 0.4) is 0 Å². The summed E-state index contributed by atoms with van der Waals surface area (Å²) in [6.07, 6.45) is 2.72. The summed E-state index contributed by atoms with van der Waals surface area (Å²) in [5, 5.41) is 5.12. The Bertz CT molecular complexity index is 1620. The quantitative estimate of drug-likeness (QED) is 0.393. The maximum atomic E-state index is 12.2. The third kappa shape index (κ3) is 4.19. The zero-order valence-corrected chi connectivity index (χ0v) is 21.6. The highest BCUT2D eigenvalue weighted by Crippen LogP contribution is 2.29. The lowest BCUT2D eigenvalue weighted by Crippen LogP contribution is -2.52. The highest BCUT2D eigenvalue weighted by molar-refractivity contribution is 6.00. The molecule has 7 heteroatoms. The van der Waals surface area contributed by atoms with Crippen molar-refractivity contribution in [1.29, 1.82) is 0 Å². The summed E-state index contributed by atoms with van der Waals surface area (Å²) in [7, 11) is 1.63. The van der Waals surface area contributed by atoms with E-state index < -0.39 is 0 Å². The molecule has 0 spiro atoms. The number of piperazine rings is 1. The van der Waals surface area contributed by atoms with Crippen molar-refractivity contribution < 1.29 is 4.79 Å². The van der Waals surface area contributed by atoms with Gasteiger partial charge in [0, 0.05) is 61.4 Å². The van der Waals surface area contributed by atoms with Gasteiger partial charge in [-0.05, 0) is 62.2 Å². The smallest absolute Gasteiger partial charge is 0.271 e. The van der Waals surface area contributed by atoms with Crippen LogP contribution in [-0.2, 0) is 6.42 Å². The molecule has 7 nitrogen and oxygen atoms in total. The van der Waals surface area contributed by atoms with Crippen LogP contribution in [0.25, 0.3) is 27.3 Å². The molecule has 1 aliphatic rings. The minimum atomic E-state index is -0.166. The van der Waals surface area contributed by atoms with Crippen LogP contribution in [0.2, 0.25) is 0 Å². The van der Waals surface area contributed by atoms with Crippen LogP contribution in [0.4, 0.5) is 5.69 Å². The fourth-order valence-electron chi connectivity index (χ4n) is 5.71. The second-order valence-corrected chi connectivity index (χ2v) is 9.99. The zero-order valence-electron chi connectivity index (χ0n) is 21.6. The standard InChI is InChI=1S/C30H32N6O/c1-20-10-11-24-25(33-20)7-5-8-26(24)35-17-16-34(21(2)18-35)15-14-22-6-4-9-27-23(22)12-13-28-29(30(37)31-3)32-19-36(27)28/h4-13,19,21H,14-18H2,1-3H3,(H,31,37)/t21-/m1/s1. The molecule has 0 saturated carbocycles. The van der Waals surface area contributed by atoms with E-state index in [1.807, 2.05) is 17.4 Å². The monoisotopic (exact) mass is 492 g/mol. The van der Waals surface area contributed by atoms with Gasteiger partial charge < -0.3 is 10.2 Å². The molecule has 5 aromatic rings. The predicted octanol–water partition coefficient (Wildman–Crippen LogP) is 4.46. The van der Waals surface area contributed by atoms with Crippen molar-refractivity contribution in [2.24, 2.45) is 0 Å². The van der Waals surface area contributed by atoms with E-state index in [2.05, 4.69) is 81.6 Å². The number of aromatic nitrogens is 3. The van der Waals surface area contributed by atoms with Gasteiger partial charge in [-0.15, -0.1) is 0 Å². The number of hydrogen-bond acceptors (Lipinski definition) is 5. The van der Waals surface area contributed by atoms with Crippen molar-refractivity contribution in [2.75, 3.05) is 38.1 Å². The third-order valence-electron chi connectivity index (χ3n) is 7.71. The maximum Gasteiger partial charge on any atom is 0.271 e. The molecule has 0 aliphatic carbocycles. The van der Waals surface area contributed by atoms with Crippen LogP contribution < -0.4 is 10.2 Å². The van der Waals surface area contributed by atoms with E-state index in [0.29, 0.717) is 11.7 Å². The van der Waals surface area contributed by atoms with Gasteiger partial charge in [-0.3, -0.25) is 19.1 Å². The van der Waals surface area contributed by atoms with Crippen molar-refractivity contribution in [2.45, 2.75) is 26.3 Å². The first-order chi connectivity index (χ1) is 18.0. The number of imidazole rings is 1. The molecule has 1 N–H and O–H groups in total. The van der Waals surface area contributed by atoms with Gasteiger partial charge in [0.05, 0.1) is 16.6 Å². The van der Waals surface area contributed by atoms with E-state index in [-0.39, 0.29) is 5.91 Å². The van der Waals surface area contributed by atoms with E-state index in [0.717, 1.165) is 54.8 Å². The van der Waals surface area contributed by atoms with Gasteiger partial charge in [0.15, 0.2) is 5.69 Å². The normalized spacial score (nSPS) is 16.6. The van der Waals surface area contributed by atoms with Crippen molar-refractivity contribution in [3.63, 3.8) is 0 Å². The molecule has 0 unspecified atom stereocenters. The van der Waals surface area contributed by atoms with Gasteiger partial charge in [-0.1, -0.05) is 24.3 Å². The summed E-state index contributed by atoms with van der Waals surface area (Å²) >= 11 is 0.